The molecule has 3 N–H and O–H groups in total. The first-order chi connectivity index (χ1) is 7.13. The Balaban J connectivity index is 2.53. The van der Waals surface area contributed by atoms with Gasteiger partial charge in [0.15, 0.2) is 0 Å². The molecule has 0 heterocycles. The highest BCUT2D eigenvalue weighted by molar-refractivity contribution is 5.73. The van der Waals surface area contributed by atoms with Gasteiger partial charge in [0, 0.05) is 0 Å². The Bertz CT molecular complexity index is 338. The number of aliphatic carboxylic acids is 1. The zero-order valence-electron chi connectivity index (χ0n) is 8.64. The van der Waals surface area contributed by atoms with Crippen LogP contribution in [-0.2, 0) is 11.2 Å². The summed E-state index contributed by atoms with van der Waals surface area (Å²) >= 11 is 0. The summed E-state index contributed by atoms with van der Waals surface area (Å²) in [6.07, 6.45) is 0.919. The average Bonchev–Trinajstić information content (AvgIpc) is 2.26. The second kappa shape index (κ2) is 5.36. The Labute approximate surface area is 88.7 Å². The SMILES string of the molecule is CCc1cccc(OCC(N)C(=O)O)c1. The molecule has 0 bridgehead atoms. The molecule has 0 spiro atoms. The smallest absolute Gasteiger partial charge is 0.324 e. The van der Waals surface area contributed by atoms with E-state index in [1.165, 1.54) is 0 Å². The average molecular weight is 209 g/mol. The molecule has 0 amide bonds. The van der Waals surface area contributed by atoms with Crippen molar-refractivity contribution < 1.29 is 14.6 Å². The van der Waals surface area contributed by atoms with Crippen molar-refractivity contribution in [1.29, 1.82) is 0 Å². The zero-order valence-corrected chi connectivity index (χ0v) is 8.64. The van der Waals surface area contributed by atoms with E-state index in [4.69, 9.17) is 15.6 Å². The minimum atomic E-state index is -1.05. The Morgan fingerprint density at radius 1 is 1.60 bits per heavy atom. The van der Waals surface area contributed by atoms with Crippen LogP contribution >= 0.6 is 0 Å². The highest BCUT2D eigenvalue weighted by Gasteiger charge is 2.11. The first-order valence-corrected chi connectivity index (χ1v) is 4.83. The van der Waals surface area contributed by atoms with Crippen LogP contribution in [0.1, 0.15) is 12.5 Å². The van der Waals surface area contributed by atoms with Crippen molar-refractivity contribution >= 4 is 5.97 Å². The molecule has 0 aliphatic heterocycles. The number of nitrogens with two attached hydrogens (primary N) is 1. The summed E-state index contributed by atoms with van der Waals surface area (Å²) in [7, 11) is 0. The van der Waals surface area contributed by atoms with Crippen molar-refractivity contribution in [3.05, 3.63) is 29.8 Å². The van der Waals surface area contributed by atoms with Gasteiger partial charge in [-0.05, 0) is 24.1 Å². The van der Waals surface area contributed by atoms with Crippen LogP contribution in [-0.4, -0.2) is 23.7 Å². The highest BCUT2D eigenvalue weighted by Crippen LogP contribution is 2.13. The molecule has 0 saturated carbocycles. The van der Waals surface area contributed by atoms with E-state index < -0.39 is 12.0 Å². The summed E-state index contributed by atoms with van der Waals surface area (Å²) < 4.78 is 5.27. The van der Waals surface area contributed by atoms with Gasteiger partial charge in [-0.25, -0.2) is 0 Å². The fraction of sp³-hybridized carbons (Fsp3) is 0.364. The number of hydrogen-bond donors (Lipinski definition) is 2. The van der Waals surface area contributed by atoms with Gasteiger partial charge in [-0.1, -0.05) is 19.1 Å². The molecular weight excluding hydrogens is 194 g/mol. The van der Waals surface area contributed by atoms with E-state index in [1.807, 2.05) is 25.1 Å². The molecule has 1 aromatic carbocycles. The fourth-order valence-electron chi connectivity index (χ4n) is 1.11. The summed E-state index contributed by atoms with van der Waals surface area (Å²) in [6, 6.07) is 6.56. The van der Waals surface area contributed by atoms with Crippen molar-refractivity contribution in [1.82, 2.24) is 0 Å². The quantitative estimate of drug-likeness (QED) is 0.760. The van der Waals surface area contributed by atoms with Crippen molar-refractivity contribution in [3.63, 3.8) is 0 Å². The van der Waals surface area contributed by atoms with Gasteiger partial charge < -0.3 is 15.6 Å². The van der Waals surface area contributed by atoms with Crippen molar-refractivity contribution in [2.75, 3.05) is 6.61 Å². The standard InChI is InChI=1S/C11H15NO3/c1-2-8-4-3-5-9(6-8)15-7-10(12)11(13)14/h3-6,10H,2,7,12H2,1H3,(H,13,14). The van der Waals surface area contributed by atoms with Gasteiger partial charge >= 0.3 is 5.97 Å². The van der Waals surface area contributed by atoms with E-state index in [0.717, 1.165) is 12.0 Å². The first kappa shape index (κ1) is 11.5. The van der Waals surface area contributed by atoms with Crippen LogP contribution in [0.25, 0.3) is 0 Å². The van der Waals surface area contributed by atoms with E-state index >= 15 is 0 Å². The third kappa shape index (κ3) is 3.59. The number of carbonyl (C=O) groups is 1. The largest absolute Gasteiger partial charge is 0.491 e. The zero-order chi connectivity index (χ0) is 11.3. The Hall–Kier alpha value is -1.55. The van der Waals surface area contributed by atoms with Gasteiger partial charge in [0.2, 0.25) is 0 Å². The minimum Gasteiger partial charge on any atom is -0.491 e. The van der Waals surface area contributed by atoms with E-state index in [1.54, 1.807) is 6.07 Å². The van der Waals surface area contributed by atoms with Crippen LogP contribution in [0.2, 0.25) is 0 Å². The monoisotopic (exact) mass is 209 g/mol. The van der Waals surface area contributed by atoms with E-state index in [-0.39, 0.29) is 6.61 Å². The number of benzene rings is 1. The molecule has 1 rings (SSSR count). The molecular formula is C11H15NO3. The molecule has 82 valence electrons. The molecule has 1 unspecified atom stereocenters. The molecule has 0 fully saturated rings. The fourth-order valence-corrected chi connectivity index (χ4v) is 1.11. The normalized spacial score (nSPS) is 12.1. The molecule has 4 heteroatoms. The van der Waals surface area contributed by atoms with Gasteiger partial charge in [-0.15, -0.1) is 0 Å². The predicted octanol–water partition coefficient (Wildman–Crippen LogP) is 1.04. The maximum atomic E-state index is 10.4. The van der Waals surface area contributed by atoms with Crippen LogP contribution in [0.4, 0.5) is 0 Å². The predicted molar refractivity (Wildman–Crippen MR) is 56.9 cm³/mol. The van der Waals surface area contributed by atoms with Crippen molar-refractivity contribution in [2.45, 2.75) is 19.4 Å². The lowest BCUT2D eigenvalue weighted by molar-refractivity contribution is -0.139. The molecule has 0 aliphatic carbocycles. The number of carboxylic acid groups (broad SMARTS) is 1. The van der Waals surface area contributed by atoms with Gasteiger partial charge in [-0.3, -0.25) is 4.79 Å². The summed E-state index contributed by atoms with van der Waals surface area (Å²) in [5.41, 5.74) is 6.46. The number of rotatable bonds is 5. The summed E-state index contributed by atoms with van der Waals surface area (Å²) in [5, 5.41) is 8.56. The Morgan fingerprint density at radius 2 is 2.33 bits per heavy atom. The van der Waals surface area contributed by atoms with Gasteiger partial charge in [-0.2, -0.15) is 0 Å². The van der Waals surface area contributed by atoms with Crippen LogP contribution in [0.5, 0.6) is 5.75 Å². The first-order valence-electron chi connectivity index (χ1n) is 4.83. The van der Waals surface area contributed by atoms with Gasteiger partial charge in [0.25, 0.3) is 0 Å². The second-order valence-electron chi connectivity index (χ2n) is 3.26. The van der Waals surface area contributed by atoms with Crippen LogP contribution in [0, 0.1) is 0 Å². The maximum Gasteiger partial charge on any atom is 0.324 e. The van der Waals surface area contributed by atoms with E-state index in [9.17, 15) is 4.79 Å². The van der Waals surface area contributed by atoms with E-state index in [2.05, 4.69) is 0 Å². The van der Waals surface area contributed by atoms with E-state index in [0.29, 0.717) is 5.75 Å². The topological polar surface area (TPSA) is 72.5 Å². The number of hydrogen-bond acceptors (Lipinski definition) is 3. The molecule has 4 nitrogen and oxygen atoms in total. The molecule has 0 aromatic heterocycles. The lowest BCUT2D eigenvalue weighted by Crippen LogP contribution is -2.36. The minimum absolute atomic E-state index is 0.0114. The maximum absolute atomic E-state index is 10.4. The number of carboxylic acids is 1. The number of ether oxygens (including phenoxy) is 1. The summed E-state index contributed by atoms with van der Waals surface area (Å²) in [6.45, 7) is 2.03. The number of aryl methyl sites for hydroxylation is 1. The lowest BCUT2D eigenvalue weighted by atomic mass is 10.2. The second-order valence-corrected chi connectivity index (χ2v) is 3.26. The highest BCUT2D eigenvalue weighted by atomic mass is 16.5. The Kier molecular flexibility index (Phi) is 4.12. The van der Waals surface area contributed by atoms with Gasteiger partial charge in [0.05, 0.1) is 0 Å². The van der Waals surface area contributed by atoms with Crippen LogP contribution in [0.15, 0.2) is 24.3 Å². The van der Waals surface area contributed by atoms with Crippen molar-refractivity contribution in [2.24, 2.45) is 5.73 Å². The van der Waals surface area contributed by atoms with Crippen LogP contribution in [0.3, 0.4) is 0 Å². The summed E-state index contributed by atoms with van der Waals surface area (Å²) in [5.74, 6) is -0.396. The molecule has 15 heavy (non-hydrogen) atoms. The Morgan fingerprint density at radius 3 is 2.93 bits per heavy atom. The molecule has 1 aromatic rings. The third-order valence-electron chi connectivity index (χ3n) is 2.05. The third-order valence-corrected chi connectivity index (χ3v) is 2.05. The molecule has 1 atom stereocenters. The molecule has 0 saturated heterocycles. The van der Waals surface area contributed by atoms with Gasteiger partial charge in [0.1, 0.15) is 18.4 Å². The molecule has 0 aliphatic rings. The summed E-state index contributed by atoms with van der Waals surface area (Å²) in [4.78, 5) is 10.4. The van der Waals surface area contributed by atoms with Crippen LogP contribution < -0.4 is 10.5 Å². The lowest BCUT2D eigenvalue weighted by Gasteiger charge is -2.09. The van der Waals surface area contributed by atoms with Crippen molar-refractivity contribution in [3.8, 4) is 5.75 Å². The molecule has 0 radical (unpaired) electrons.